The van der Waals surface area contributed by atoms with E-state index in [0.717, 1.165) is 12.3 Å². The Balaban J connectivity index is 2.43. The number of benzene rings is 1. The molecule has 0 aliphatic rings. The van der Waals surface area contributed by atoms with E-state index in [1.165, 1.54) is 12.1 Å². The van der Waals surface area contributed by atoms with Crippen LogP contribution >= 0.6 is 11.6 Å². The van der Waals surface area contributed by atoms with Gasteiger partial charge in [-0.05, 0) is 18.2 Å². The first-order chi connectivity index (χ1) is 9.51. The molecule has 2 rings (SSSR count). The Bertz CT molecular complexity index is 667. The third-order valence-corrected chi connectivity index (χ3v) is 2.61. The van der Waals surface area contributed by atoms with E-state index in [2.05, 4.69) is 20.6 Å². The third-order valence-electron chi connectivity index (χ3n) is 2.37. The second-order valence-electron chi connectivity index (χ2n) is 3.68. The summed E-state index contributed by atoms with van der Waals surface area (Å²) in [5.41, 5.74) is -0.336. The summed E-state index contributed by atoms with van der Waals surface area (Å²) in [7, 11) is 1.56. The van der Waals surface area contributed by atoms with Crippen LogP contribution < -0.4 is 10.6 Å². The van der Waals surface area contributed by atoms with Crippen LogP contribution in [-0.4, -0.2) is 21.9 Å². The molecule has 0 aliphatic carbocycles. The van der Waals surface area contributed by atoms with Gasteiger partial charge in [-0.3, -0.25) is 10.1 Å². The van der Waals surface area contributed by atoms with E-state index in [0.29, 0.717) is 0 Å². The highest BCUT2D eigenvalue weighted by molar-refractivity contribution is 6.30. The lowest BCUT2D eigenvalue weighted by molar-refractivity contribution is -0.384. The van der Waals surface area contributed by atoms with Gasteiger partial charge in [-0.15, -0.1) is 0 Å². The molecule has 9 heteroatoms. The minimum atomic E-state index is -0.657. The lowest BCUT2D eigenvalue weighted by atomic mass is 10.3. The number of aromatic nitrogens is 2. The number of hydrogen-bond acceptors (Lipinski definition) is 6. The topological polar surface area (TPSA) is 93.0 Å². The first kappa shape index (κ1) is 13.9. The maximum Gasteiger partial charge on any atom is 0.329 e. The van der Waals surface area contributed by atoms with Gasteiger partial charge in [0.15, 0.2) is 0 Å². The molecule has 1 heterocycles. The number of nitro groups is 1. The highest BCUT2D eigenvalue weighted by Crippen LogP contribution is 2.28. The average Bonchev–Trinajstić information content (AvgIpc) is 2.41. The summed E-state index contributed by atoms with van der Waals surface area (Å²) in [6, 6.07) is 3.91. The van der Waals surface area contributed by atoms with Crippen LogP contribution in [0, 0.1) is 15.9 Å². The lowest BCUT2D eigenvalue weighted by Crippen LogP contribution is -2.05. The van der Waals surface area contributed by atoms with Gasteiger partial charge in [0.25, 0.3) is 0 Å². The predicted molar refractivity (Wildman–Crippen MR) is 72.9 cm³/mol. The molecule has 2 N–H and O–H groups in total. The molecule has 1 aromatic heterocycles. The van der Waals surface area contributed by atoms with Gasteiger partial charge in [0, 0.05) is 12.1 Å². The second-order valence-corrected chi connectivity index (χ2v) is 4.12. The van der Waals surface area contributed by atoms with Crippen LogP contribution in [0.1, 0.15) is 0 Å². The average molecular weight is 298 g/mol. The number of nitrogens with one attached hydrogen (secondary N) is 2. The lowest BCUT2D eigenvalue weighted by Gasteiger charge is -2.08. The normalized spacial score (nSPS) is 10.2. The zero-order chi connectivity index (χ0) is 14.7. The molecule has 104 valence electrons. The molecule has 0 amide bonds. The molecule has 2 aromatic rings. The van der Waals surface area contributed by atoms with Crippen LogP contribution in [0.4, 0.5) is 27.5 Å². The molecule has 0 bridgehead atoms. The fraction of sp³-hybridized carbons (Fsp3) is 0.0909. The molecule has 0 fully saturated rings. The van der Waals surface area contributed by atoms with Crippen molar-refractivity contribution in [1.82, 2.24) is 9.97 Å². The van der Waals surface area contributed by atoms with Crippen molar-refractivity contribution in [2.24, 2.45) is 0 Å². The molecular formula is C11H9ClFN5O2. The third kappa shape index (κ3) is 2.91. The van der Waals surface area contributed by atoms with E-state index in [1.54, 1.807) is 7.05 Å². The number of hydrogen-bond donors (Lipinski definition) is 2. The molecular weight excluding hydrogens is 289 g/mol. The second kappa shape index (κ2) is 5.66. The minimum absolute atomic E-state index is 0.0262. The Morgan fingerprint density at radius 3 is 2.80 bits per heavy atom. The summed E-state index contributed by atoms with van der Waals surface area (Å²) in [4.78, 5) is 17.9. The highest BCUT2D eigenvalue weighted by Gasteiger charge is 2.18. The summed E-state index contributed by atoms with van der Waals surface area (Å²) in [6.45, 7) is 0. The van der Waals surface area contributed by atoms with Gasteiger partial charge in [-0.2, -0.15) is 4.98 Å². The largest absolute Gasteiger partial charge is 0.357 e. The molecule has 7 nitrogen and oxygen atoms in total. The summed E-state index contributed by atoms with van der Waals surface area (Å²) in [5, 5.41) is 16.3. The molecule has 1 aromatic carbocycles. The molecule has 0 atom stereocenters. The van der Waals surface area contributed by atoms with Crippen molar-refractivity contribution >= 4 is 34.7 Å². The van der Waals surface area contributed by atoms with Crippen molar-refractivity contribution < 1.29 is 9.31 Å². The number of rotatable bonds is 4. The first-order valence-electron chi connectivity index (χ1n) is 5.42. The Kier molecular flexibility index (Phi) is 3.94. The molecule has 0 saturated carbocycles. The Morgan fingerprint density at radius 1 is 1.45 bits per heavy atom. The molecule has 0 aliphatic heterocycles. The summed E-state index contributed by atoms with van der Waals surface area (Å²) >= 11 is 5.64. The summed E-state index contributed by atoms with van der Waals surface area (Å²) < 4.78 is 13.7. The van der Waals surface area contributed by atoms with E-state index in [1.807, 2.05) is 0 Å². The van der Waals surface area contributed by atoms with Crippen LogP contribution in [0.3, 0.4) is 0 Å². The fourth-order valence-electron chi connectivity index (χ4n) is 1.44. The van der Waals surface area contributed by atoms with Gasteiger partial charge in [0.2, 0.25) is 11.8 Å². The molecule has 0 saturated heterocycles. The monoisotopic (exact) mass is 297 g/mol. The van der Waals surface area contributed by atoms with Crippen molar-refractivity contribution in [2.45, 2.75) is 0 Å². The van der Waals surface area contributed by atoms with E-state index in [-0.39, 0.29) is 28.2 Å². The van der Waals surface area contributed by atoms with Crippen LogP contribution in [0.15, 0.2) is 24.4 Å². The SMILES string of the molecule is CNc1ncc([N+](=O)[O-])c(Nc2ccc(Cl)cc2F)n1. The maximum atomic E-state index is 13.7. The van der Waals surface area contributed by atoms with Crippen molar-refractivity contribution in [2.75, 3.05) is 17.7 Å². The standard InChI is InChI=1S/C11H9ClFN5O2/c1-14-11-15-5-9(18(19)20)10(17-11)16-8-3-2-6(12)4-7(8)13/h2-5H,1H3,(H2,14,15,16,17). The quantitative estimate of drug-likeness (QED) is 0.665. The van der Waals surface area contributed by atoms with Gasteiger partial charge in [-0.25, -0.2) is 9.37 Å². The van der Waals surface area contributed by atoms with Gasteiger partial charge >= 0.3 is 5.69 Å². The maximum absolute atomic E-state index is 13.7. The Morgan fingerprint density at radius 2 is 2.20 bits per heavy atom. The Hall–Kier alpha value is -2.48. The van der Waals surface area contributed by atoms with E-state index >= 15 is 0 Å². The fourth-order valence-corrected chi connectivity index (χ4v) is 1.60. The van der Waals surface area contributed by atoms with E-state index < -0.39 is 10.7 Å². The van der Waals surface area contributed by atoms with Crippen molar-refractivity contribution in [3.05, 3.63) is 45.4 Å². The molecule has 0 spiro atoms. The van der Waals surface area contributed by atoms with Gasteiger partial charge in [-0.1, -0.05) is 11.6 Å². The Labute approximate surface area is 118 Å². The van der Waals surface area contributed by atoms with Gasteiger partial charge in [0.05, 0.1) is 10.6 Å². The van der Waals surface area contributed by atoms with Gasteiger partial charge < -0.3 is 10.6 Å². The van der Waals surface area contributed by atoms with Crippen LogP contribution in [0.25, 0.3) is 0 Å². The first-order valence-corrected chi connectivity index (χ1v) is 5.80. The van der Waals surface area contributed by atoms with Crippen molar-refractivity contribution in [3.8, 4) is 0 Å². The zero-order valence-corrected chi connectivity index (χ0v) is 11.0. The molecule has 20 heavy (non-hydrogen) atoms. The highest BCUT2D eigenvalue weighted by atomic mass is 35.5. The predicted octanol–water partition coefficient (Wildman–Crippen LogP) is 2.96. The van der Waals surface area contributed by atoms with E-state index in [4.69, 9.17) is 11.6 Å². The van der Waals surface area contributed by atoms with Gasteiger partial charge in [0.1, 0.15) is 12.0 Å². The van der Waals surface area contributed by atoms with Crippen molar-refractivity contribution in [3.63, 3.8) is 0 Å². The summed E-state index contributed by atoms with van der Waals surface area (Å²) in [6.07, 6.45) is 1.04. The number of anilines is 3. The molecule has 0 unspecified atom stereocenters. The van der Waals surface area contributed by atoms with E-state index in [9.17, 15) is 14.5 Å². The number of nitrogens with zero attached hydrogens (tertiary/aromatic N) is 3. The van der Waals surface area contributed by atoms with Crippen molar-refractivity contribution in [1.29, 1.82) is 0 Å². The summed E-state index contributed by atoms with van der Waals surface area (Å²) in [5.74, 6) is -0.584. The number of halogens is 2. The van der Waals surface area contributed by atoms with Crippen LogP contribution in [-0.2, 0) is 0 Å². The smallest absolute Gasteiger partial charge is 0.329 e. The van der Waals surface area contributed by atoms with Crippen LogP contribution in [0.5, 0.6) is 0 Å². The zero-order valence-electron chi connectivity index (χ0n) is 10.2. The minimum Gasteiger partial charge on any atom is -0.357 e. The van der Waals surface area contributed by atoms with Crippen LogP contribution in [0.2, 0.25) is 5.02 Å². The molecule has 0 radical (unpaired) electrons.